The minimum absolute atomic E-state index is 0.0271. The van der Waals surface area contributed by atoms with Gasteiger partial charge in [0.05, 0.1) is 38.2 Å². The quantitative estimate of drug-likeness (QED) is 0.336. The highest BCUT2D eigenvalue weighted by molar-refractivity contribution is 5.95. The summed E-state index contributed by atoms with van der Waals surface area (Å²) >= 11 is 0. The van der Waals surface area contributed by atoms with Crippen molar-refractivity contribution in [2.45, 2.75) is 39.3 Å². The summed E-state index contributed by atoms with van der Waals surface area (Å²) in [4.78, 5) is 20.8. The Morgan fingerprint density at radius 3 is 2.35 bits per heavy atom. The van der Waals surface area contributed by atoms with Crippen LogP contribution in [0.25, 0.3) is 22.2 Å². The summed E-state index contributed by atoms with van der Waals surface area (Å²) in [5, 5.41) is 5.19. The third-order valence-electron chi connectivity index (χ3n) is 6.91. The number of aryl methyl sites for hydroxylation is 3. The molecule has 1 aliphatic rings. The average molecular weight is 501 g/mol. The fraction of sp³-hybridized carbons (Fsp3) is 0.345. The molecule has 0 N–H and O–H groups in total. The number of rotatable bonds is 8. The lowest BCUT2D eigenvalue weighted by atomic mass is 9.98. The predicted octanol–water partition coefficient (Wildman–Crippen LogP) is 5.08. The number of amides is 1. The van der Waals surface area contributed by atoms with Crippen LogP contribution in [0.4, 0.5) is 0 Å². The molecule has 2 heterocycles. The summed E-state index contributed by atoms with van der Waals surface area (Å²) in [6.45, 7) is 4.38. The Kier molecular flexibility index (Phi) is 6.50. The molecular formula is C29H32N4O4. The lowest BCUT2D eigenvalue weighted by Gasteiger charge is -2.25. The molecular weight excluding hydrogens is 468 g/mol. The average Bonchev–Trinajstić information content (AvgIpc) is 3.68. The van der Waals surface area contributed by atoms with E-state index in [1.165, 1.54) is 0 Å². The van der Waals surface area contributed by atoms with E-state index in [0.717, 1.165) is 51.8 Å². The van der Waals surface area contributed by atoms with Crippen LogP contribution >= 0.6 is 0 Å². The van der Waals surface area contributed by atoms with Crippen molar-refractivity contribution >= 4 is 16.8 Å². The fourth-order valence-electron chi connectivity index (χ4n) is 4.92. The van der Waals surface area contributed by atoms with Gasteiger partial charge in [0, 0.05) is 36.7 Å². The zero-order chi connectivity index (χ0) is 26.3. The Bertz CT molecular complexity index is 1490. The van der Waals surface area contributed by atoms with Crippen molar-refractivity contribution in [1.29, 1.82) is 0 Å². The summed E-state index contributed by atoms with van der Waals surface area (Å²) in [5.41, 5.74) is 6.02. The molecule has 37 heavy (non-hydrogen) atoms. The van der Waals surface area contributed by atoms with Gasteiger partial charge < -0.3 is 19.1 Å². The molecule has 5 rings (SSSR count). The molecule has 0 radical (unpaired) electrons. The Morgan fingerprint density at radius 1 is 1.03 bits per heavy atom. The number of carbonyl (C=O) groups excluding carboxylic acids is 1. The van der Waals surface area contributed by atoms with Crippen LogP contribution in [0.1, 0.15) is 40.2 Å². The molecule has 0 atom stereocenters. The second-order valence-corrected chi connectivity index (χ2v) is 9.48. The first-order valence-corrected chi connectivity index (χ1v) is 12.4. The molecule has 1 aliphatic carbocycles. The lowest BCUT2D eigenvalue weighted by molar-refractivity contribution is 0.0719. The summed E-state index contributed by atoms with van der Waals surface area (Å²) in [5.74, 6) is 1.58. The summed E-state index contributed by atoms with van der Waals surface area (Å²) < 4.78 is 18.6. The van der Waals surface area contributed by atoms with Gasteiger partial charge >= 0.3 is 0 Å². The van der Waals surface area contributed by atoms with E-state index in [1.54, 1.807) is 26.0 Å². The van der Waals surface area contributed by atoms with Crippen molar-refractivity contribution in [2.75, 3.05) is 21.3 Å². The maximum Gasteiger partial charge on any atom is 0.272 e. The van der Waals surface area contributed by atoms with Crippen LogP contribution < -0.4 is 14.2 Å². The van der Waals surface area contributed by atoms with Crippen molar-refractivity contribution in [3.8, 4) is 28.5 Å². The highest BCUT2D eigenvalue weighted by atomic mass is 16.5. The molecule has 0 aliphatic heterocycles. The molecule has 0 spiro atoms. The molecule has 192 valence electrons. The maximum absolute atomic E-state index is 13.7. The van der Waals surface area contributed by atoms with E-state index in [0.29, 0.717) is 29.5 Å². The van der Waals surface area contributed by atoms with Gasteiger partial charge in [0.2, 0.25) is 5.75 Å². The first-order chi connectivity index (χ1) is 17.9. The molecule has 1 amide bonds. The molecule has 8 heteroatoms. The number of ether oxygens (including phenoxy) is 3. The topological polar surface area (TPSA) is 78.7 Å². The van der Waals surface area contributed by atoms with Gasteiger partial charge in [-0.2, -0.15) is 5.10 Å². The van der Waals surface area contributed by atoms with Gasteiger partial charge in [0.25, 0.3) is 5.91 Å². The largest absolute Gasteiger partial charge is 0.493 e. The molecule has 0 saturated heterocycles. The number of hydrogen-bond acceptors (Lipinski definition) is 6. The summed E-state index contributed by atoms with van der Waals surface area (Å²) in [7, 11) is 6.60. The molecule has 0 unspecified atom stereocenters. The third kappa shape index (κ3) is 4.48. The van der Waals surface area contributed by atoms with E-state index in [4.69, 9.17) is 19.2 Å². The maximum atomic E-state index is 13.7. The van der Waals surface area contributed by atoms with E-state index < -0.39 is 0 Å². The Morgan fingerprint density at radius 2 is 1.76 bits per heavy atom. The highest BCUT2D eigenvalue weighted by Gasteiger charge is 2.35. The van der Waals surface area contributed by atoms with Crippen LogP contribution in [0.3, 0.4) is 0 Å². The standard InChI is InChI=1S/C29H32N4O4/c1-17-9-7-8-10-21(17)26-19(14-22-23(30-26)15-25(35-4)28(37-6)27(22)36-5)16-33(20-11-12-20)29(34)24-13-18(2)31-32(24)3/h7-10,13-15,20H,11-12,16H2,1-6H3. The van der Waals surface area contributed by atoms with Gasteiger partial charge in [-0.3, -0.25) is 9.48 Å². The summed E-state index contributed by atoms with van der Waals surface area (Å²) in [6, 6.07) is 14.1. The smallest absolute Gasteiger partial charge is 0.272 e. The molecule has 2 aromatic heterocycles. The Balaban J connectivity index is 1.71. The minimum atomic E-state index is -0.0271. The fourth-order valence-corrected chi connectivity index (χ4v) is 4.92. The summed E-state index contributed by atoms with van der Waals surface area (Å²) in [6.07, 6.45) is 1.97. The second-order valence-electron chi connectivity index (χ2n) is 9.48. The van der Waals surface area contributed by atoms with Gasteiger partial charge in [-0.15, -0.1) is 0 Å². The van der Waals surface area contributed by atoms with E-state index in [2.05, 4.69) is 30.2 Å². The van der Waals surface area contributed by atoms with Crippen molar-refractivity contribution in [3.63, 3.8) is 0 Å². The van der Waals surface area contributed by atoms with Gasteiger partial charge in [0.15, 0.2) is 11.5 Å². The van der Waals surface area contributed by atoms with E-state index in [-0.39, 0.29) is 11.9 Å². The van der Waals surface area contributed by atoms with Gasteiger partial charge in [-0.05, 0) is 49.9 Å². The SMILES string of the molecule is COc1cc2nc(-c3ccccc3C)c(CN(C(=O)c3cc(C)nn3C)C3CC3)cc2c(OC)c1OC. The molecule has 1 fully saturated rings. The van der Waals surface area contributed by atoms with Gasteiger partial charge in [-0.1, -0.05) is 24.3 Å². The number of nitrogens with zero attached hydrogens (tertiary/aromatic N) is 4. The Hall–Kier alpha value is -4.07. The number of fused-ring (bicyclic) bond motifs is 1. The number of pyridine rings is 1. The van der Waals surface area contributed by atoms with Crippen LogP contribution in [0, 0.1) is 13.8 Å². The normalized spacial score (nSPS) is 13.0. The minimum Gasteiger partial charge on any atom is -0.493 e. The van der Waals surface area contributed by atoms with Crippen molar-refractivity contribution in [3.05, 3.63) is 65.0 Å². The predicted molar refractivity (Wildman–Crippen MR) is 142 cm³/mol. The number of hydrogen-bond donors (Lipinski definition) is 0. The second kappa shape index (κ2) is 9.76. The van der Waals surface area contributed by atoms with Crippen LogP contribution in [0.15, 0.2) is 42.5 Å². The molecule has 8 nitrogen and oxygen atoms in total. The first-order valence-electron chi connectivity index (χ1n) is 12.4. The van der Waals surface area contributed by atoms with Crippen molar-refractivity contribution in [1.82, 2.24) is 19.7 Å². The highest BCUT2D eigenvalue weighted by Crippen LogP contribution is 2.44. The number of methoxy groups -OCH3 is 3. The van der Waals surface area contributed by atoms with Crippen LogP contribution in [0.5, 0.6) is 17.2 Å². The van der Waals surface area contributed by atoms with E-state index >= 15 is 0 Å². The first kappa shape index (κ1) is 24.6. The number of aromatic nitrogens is 3. The molecule has 2 aromatic carbocycles. The number of benzene rings is 2. The van der Waals surface area contributed by atoms with Crippen LogP contribution in [0.2, 0.25) is 0 Å². The van der Waals surface area contributed by atoms with Crippen molar-refractivity contribution in [2.24, 2.45) is 7.05 Å². The van der Waals surface area contributed by atoms with E-state index in [9.17, 15) is 4.79 Å². The molecule has 0 bridgehead atoms. The van der Waals surface area contributed by atoms with Crippen molar-refractivity contribution < 1.29 is 19.0 Å². The number of carbonyl (C=O) groups is 1. The van der Waals surface area contributed by atoms with E-state index in [1.807, 2.05) is 43.1 Å². The van der Waals surface area contributed by atoms with Gasteiger partial charge in [-0.25, -0.2) is 4.98 Å². The zero-order valence-corrected chi connectivity index (χ0v) is 22.2. The lowest BCUT2D eigenvalue weighted by Crippen LogP contribution is -2.34. The third-order valence-corrected chi connectivity index (χ3v) is 6.91. The van der Waals surface area contributed by atoms with Crippen LogP contribution in [-0.4, -0.2) is 52.9 Å². The molecule has 1 saturated carbocycles. The van der Waals surface area contributed by atoms with Crippen LogP contribution in [-0.2, 0) is 13.6 Å². The monoisotopic (exact) mass is 500 g/mol. The molecule has 4 aromatic rings. The van der Waals surface area contributed by atoms with Gasteiger partial charge in [0.1, 0.15) is 5.69 Å². The Labute approximate surface area is 216 Å². The zero-order valence-electron chi connectivity index (χ0n) is 22.2.